The number of rotatable bonds is 6. The Hall–Kier alpha value is -3.20. The molecule has 0 unspecified atom stereocenters. The van der Waals surface area contributed by atoms with E-state index in [-0.39, 0.29) is 23.7 Å². The quantitative estimate of drug-likeness (QED) is 0.611. The molecule has 1 aliphatic heterocycles. The molecule has 1 amide bonds. The van der Waals surface area contributed by atoms with Crippen molar-refractivity contribution in [3.05, 3.63) is 47.9 Å². The van der Waals surface area contributed by atoms with Crippen molar-refractivity contribution in [2.75, 3.05) is 48.8 Å². The maximum Gasteiger partial charge on any atom is 0.229 e. The number of nitrogens with two attached hydrogens (primary N) is 1. The number of carbonyl (C=O) groups excluding carboxylic acids is 1. The van der Waals surface area contributed by atoms with Crippen LogP contribution in [0.25, 0.3) is 0 Å². The number of benzene rings is 1. The highest BCUT2D eigenvalue weighted by atomic mass is 19.1. The predicted molar refractivity (Wildman–Crippen MR) is 120 cm³/mol. The summed E-state index contributed by atoms with van der Waals surface area (Å²) in [5.41, 5.74) is 8.55. The zero-order valence-corrected chi connectivity index (χ0v) is 17.8. The first-order valence-electron chi connectivity index (χ1n) is 10.5. The third kappa shape index (κ3) is 4.93. The lowest BCUT2D eigenvalue weighted by molar-refractivity contribution is -0.120. The van der Waals surface area contributed by atoms with E-state index in [1.165, 1.54) is 5.69 Å². The van der Waals surface area contributed by atoms with E-state index in [2.05, 4.69) is 50.4 Å². The lowest BCUT2D eigenvalue weighted by Crippen LogP contribution is -2.44. The molecule has 4 N–H and O–H groups in total. The van der Waals surface area contributed by atoms with Crippen LogP contribution in [0.3, 0.4) is 0 Å². The van der Waals surface area contributed by atoms with Gasteiger partial charge < -0.3 is 26.2 Å². The minimum absolute atomic E-state index is 0.0862. The third-order valence-electron chi connectivity index (χ3n) is 5.81. The van der Waals surface area contributed by atoms with Crippen LogP contribution in [-0.4, -0.2) is 60.0 Å². The fourth-order valence-electron chi connectivity index (χ4n) is 3.99. The number of hydrogen-bond donors (Lipinski definition) is 3. The van der Waals surface area contributed by atoms with Crippen LogP contribution in [0.1, 0.15) is 12.0 Å². The Bertz CT molecular complexity index is 988. The molecule has 0 radical (unpaired) electrons. The van der Waals surface area contributed by atoms with Crippen molar-refractivity contribution in [3.8, 4) is 0 Å². The number of nitrogens with zero attached hydrogens (tertiary/aromatic N) is 4. The average molecular weight is 426 g/mol. The van der Waals surface area contributed by atoms with E-state index >= 15 is 0 Å². The molecule has 31 heavy (non-hydrogen) atoms. The monoisotopic (exact) mass is 425 g/mol. The number of anilines is 4. The normalized spacial score (nSPS) is 21.3. The van der Waals surface area contributed by atoms with Gasteiger partial charge in [0.05, 0.1) is 12.1 Å². The van der Waals surface area contributed by atoms with Gasteiger partial charge in [0, 0.05) is 43.6 Å². The number of aryl methyl sites for hydroxylation is 1. The predicted octanol–water partition coefficient (Wildman–Crippen LogP) is 2.26. The smallest absolute Gasteiger partial charge is 0.229 e. The van der Waals surface area contributed by atoms with E-state index in [1.807, 2.05) is 18.2 Å². The van der Waals surface area contributed by atoms with Gasteiger partial charge in [-0.15, -0.1) is 0 Å². The number of halogens is 1. The molecule has 1 aromatic heterocycles. The summed E-state index contributed by atoms with van der Waals surface area (Å²) < 4.78 is 14.2. The van der Waals surface area contributed by atoms with E-state index in [0.717, 1.165) is 43.6 Å². The average Bonchev–Trinajstić information content (AvgIpc) is 3.21. The Morgan fingerprint density at radius 3 is 2.68 bits per heavy atom. The molecular formula is C22H28FN7O. The van der Waals surface area contributed by atoms with Crippen LogP contribution in [-0.2, 0) is 4.79 Å². The Morgan fingerprint density at radius 2 is 2.00 bits per heavy atom. The van der Waals surface area contributed by atoms with Crippen LogP contribution >= 0.6 is 0 Å². The van der Waals surface area contributed by atoms with Crippen LogP contribution in [0, 0.1) is 18.7 Å². The van der Waals surface area contributed by atoms with E-state index in [1.54, 1.807) is 6.08 Å². The second kappa shape index (κ2) is 8.89. The first-order chi connectivity index (χ1) is 14.9. The van der Waals surface area contributed by atoms with Crippen molar-refractivity contribution in [1.82, 2.24) is 14.9 Å². The van der Waals surface area contributed by atoms with Gasteiger partial charge in [-0.2, -0.15) is 4.98 Å². The van der Waals surface area contributed by atoms with Gasteiger partial charge in [-0.05, 0) is 44.2 Å². The number of nitrogens with one attached hydrogen (secondary N) is 2. The van der Waals surface area contributed by atoms with Crippen molar-refractivity contribution < 1.29 is 9.18 Å². The van der Waals surface area contributed by atoms with Crippen LogP contribution in [0.5, 0.6) is 0 Å². The second-order valence-corrected chi connectivity index (χ2v) is 8.19. The standard InChI is InChI=1S/C22H28FN7O/c1-14-11-16(5-6-19(14)30-9-7-29(2)8-10-30)27-22-25-13-18(23)21(28-22)26-17-4-3-15(12-17)20(24)31/h3-6,11,13,15,17H,7-10,12H2,1-2H3,(H2,24,31)(H2,25,26,27,28)/t15-,17+/m0/s1. The summed E-state index contributed by atoms with van der Waals surface area (Å²) in [5.74, 6) is -0.904. The first kappa shape index (κ1) is 21.0. The molecule has 2 atom stereocenters. The lowest BCUT2D eigenvalue weighted by atomic mass is 10.1. The molecule has 4 rings (SSSR count). The summed E-state index contributed by atoms with van der Waals surface area (Å²) in [6, 6.07) is 5.92. The van der Waals surface area contributed by atoms with Gasteiger partial charge in [-0.25, -0.2) is 9.37 Å². The van der Waals surface area contributed by atoms with Gasteiger partial charge in [-0.3, -0.25) is 4.79 Å². The van der Waals surface area contributed by atoms with Crippen molar-refractivity contribution >= 4 is 29.0 Å². The molecule has 1 saturated heterocycles. The number of likely N-dealkylation sites (N-methyl/N-ethyl adjacent to an activating group) is 1. The summed E-state index contributed by atoms with van der Waals surface area (Å²) in [5, 5.41) is 6.17. The zero-order valence-electron chi connectivity index (χ0n) is 17.8. The number of amides is 1. The maximum absolute atomic E-state index is 14.2. The van der Waals surface area contributed by atoms with Crippen LogP contribution in [0.2, 0.25) is 0 Å². The van der Waals surface area contributed by atoms with Crippen molar-refractivity contribution in [2.24, 2.45) is 11.7 Å². The first-order valence-corrected chi connectivity index (χ1v) is 10.5. The summed E-state index contributed by atoms with van der Waals surface area (Å²) >= 11 is 0. The Kier molecular flexibility index (Phi) is 6.03. The molecule has 1 aromatic carbocycles. The lowest BCUT2D eigenvalue weighted by Gasteiger charge is -2.35. The van der Waals surface area contributed by atoms with E-state index < -0.39 is 5.82 Å². The summed E-state index contributed by atoms with van der Waals surface area (Å²) in [7, 11) is 2.14. The van der Waals surface area contributed by atoms with E-state index in [9.17, 15) is 9.18 Å². The van der Waals surface area contributed by atoms with Crippen LogP contribution in [0.4, 0.5) is 27.5 Å². The summed E-state index contributed by atoms with van der Waals surface area (Å²) in [6.07, 6.45) is 5.16. The fraction of sp³-hybridized carbons (Fsp3) is 0.409. The maximum atomic E-state index is 14.2. The molecule has 2 aromatic rings. The topological polar surface area (TPSA) is 99.4 Å². The summed E-state index contributed by atoms with van der Waals surface area (Å²) in [4.78, 5) is 24.4. The summed E-state index contributed by atoms with van der Waals surface area (Å²) in [6.45, 7) is 6.20. The van der Waals surface area contributed by atoms with Gasteiger partial charge in [-0.1, -0.05) is 12.2 Å². The largest absolute Gasteiger partial charge is 0.369 e. The number of carbonyl (C=O) groups is 1. The number of primary amides is 1. The Balaban J connectivity index is 1.43. The van der Waals surface area contributed by atoms with Gasteiger partial charge >= 0.3 is 0 Å². The molecule has 0 saturated carbocycles. The zero-order chi connectivity index (χ0) is 22.0. The molecule has 0 bridgehead atoms. The molecule has 2 aliphatic rings. The molecule has 1 fully saturated rings. The van der Waals surface area contributed by atoms with E-state index in [4.69, 9.17) is 5.73 Å². The van der Waals surface area contributed by atoms with Gasteiger partial charge in [0.25, 0.3) is 0 Å². The number of aromatic nitrogens is 2. The minimum Gasteiger partial charge on any atom is -0.369 e. The third-order valence-corrected chi connectivity index (χ3v) is 5.81. The highest BCUT2D eigenvalue weighted by molar-refractivity contribution is 5.79. The van der Waals surface area contributed by atoms with Gasteiger partial charge in [0.1, 0.15) is 0 Å². The van der Waals surface area contributed by atoms with Gasteiger partial charge in [0.2, 0.25) is 11.9 Å². The van der Waals surface area contributed by atoms with Crippen molar-refractivity contribution in [1.29, 1.82) is 0 Å². The molecular weight excluding hydrogens is 397 g/mol. The number of hydrogen-bond acceptors (Lipinski definition) is 7. The Morgan fingerprint density at radius 1 is 1.23 bits per heavy atom. The molecule has 9 heteroatoms. The van der Waals surface area contributed by atoms with Crippen molar-refractivity contribution in [2.45, 2.75) is 19.4 Å². The van der Waals surface area contributed by atoms with Crippen LogP contribution in [0.15, 0.2) is 36.5 Å². The molecule has 8 nitrogen and oxygen atoms in total. The minimum atomic E-state index is -0.553. The van der Waals surface area contributed by atoms with Crippen molar-refractivity contribution in [3.63, 3.8) is 0 Å². The van der Waals surface area contributed by atoms with Gasteiger partial charge in [0.15, 0.2) is 11.6 Å². The number of piperazine rings is 1. The second-order valence-electron chi connectivity index (χ2n) is 8.19. The highest BCUT2D eigenvalue weighted by Gasteiger charge is 2.24. The molecule has 164 valence electrons. The highest BCUT2D eigenvalue weighted by Crippen LogP contribution is 2.27. The fourth-order valence-corrected chi connectivity index (χ4v) is 3.99. The SMILES string of the molecule is Cc1cc(Nc2ncc(F)c(N[C@@H]3C=C[C@H](C(N)=O)C3)n2)ccc1N1CCN(C)CC1. The Labute approximate surface area is 181 Å². The van der Waals surface area contributed by atoms with E-state index in [0.29, 0.717) is 12.4 Å². The van der Waals surface area contributed by atoms with Crippen LogP contribution < -0.4 is 21.3 Å². The molecule has 1 aliphatic carbocycles. The molecule has 2 heterocycles. The molecule has 0 spiro atoms.